The number of rotatable bonds is 4. The molecule has 1 aromatic carbocycles. The number of benzene rings is 1. The van der Waals surface area contributed by atoms with Crippen LogP contribution in [-0.4, -0.2) is 19.8 Å². The van der Waals surface area contributed by atoms with Gasteiger partial charge in [-0.3, -0.25) is 0 Å². The largest absolute Gasteiger partial charge is 0.383 e. The molecule has 1 N–H and O–H groups in total. The van der Waals surface area contributed by atoms with Crippen molar-refractivity contribution in [3.8, 4) is 0 Å². The van der Waals surface area contributed by atoms with Gasteiger partial charge >= 0.3 is 0 Å². The first-order valence-corrected chi connectivity index (χ1v) is 4.96. The Labute approximate surface area is 86.3 Å². The molecular formula is C12H19NO. The summed E-state index contributed by atoms with van der Waals surface area (Å²) in [5.41, 5.74) is 3.76. The summed E-state index contributed by atoms with van der Waals surface area (Å²) >= 11 is 0. The average Bonchev–Trinajstić information content (AvgIpc) is 2.12. The summed E-state index contributed by atoms with van der Waals surface area (Å²) < 4.78 is 5.08. The maximum atomic E-state index is 5.08. The van der Waals surface area contributed by atoms with Gasteiger partial charge in [-0.1, -0.05) is 12.1 Å². The van der Waals surface area contributed by atoms with Crippen molar-refractivity contribution in [1.29, 1.82) is 0 Å². The highest BCUT2D eigenvalue weighted by Crippen LogP contribution is 2.17. The van der Waals surface area contributed by atoms with Crippen LogP contribution in [0.5, 0.6) is 0 Å². The summed E-state index contributed by atoms with van der Waals surface area (Å²) in [5.74, 6) is 0. The molecule has 0 aliphatic carbocycles. The van der Waals surface area contributed by atoms with Crippen LogP contribution in [0.2, 0.25) is 0 Å². The van der Waals surface area contributed by atoms with Crippen LogP contribution in [0.3, 0.4) is 0 Å². The Hall–Kier alpha value is -1.02. The van der Waals surface area contributed by atoms with Gasteiger partial charge < -0.3 is 10.1 Å². The molecule has 0 saturated carbocycles. The summed E-state index contributed by atoms with van der Waals surface area (Å²) in [6, 6.07) is 6.78. The lowest BCUT2D eigenvalue weighted by Crippen LogP contribution is -2.21. The third kappa shape index (κ3) is 3.04. The van der Waals surface area contributed by atoms with E-state index in [1.54, 1.807) is 7.11 Å². The molecule has 0 unspecified atom stereocenters. The predicted octanol–water partition coefficient (Wildman–Crippen LogP) is 2.75. The highest BCUT2D eigenvalue weighted by Gasteiger charge is 2.03. The van der Waals surface area contributed by atoms with Crippen LogP contribution in [-0.2, 0) is 4.74 Å². The first-order valence-electron chi connectivity index (χ1n) is 4.96. The molecule has 0 aliphatic heterocycles. The Morgan fingerprint density at radius 3 is 2.71 bits per heavy atom. The second-order valence-corrected chi connectivity index (χ2v) is 3.82. The second kappa shape index (κ2) is 5.01. The number of hydrogen-bond donors (Lipinski definition) is 1. The van der Waals surface area contributed by atoms with Crippen molar-refractivity contribution in [2.24, 2.45) is 0 Å². The lowest BCUT2D eigenvalue weighted by molar-refractivity contribution is 0.190. The fraction of sp³-hybridized carbons (Fsp3) is 0.500. The fourth-order valence-corrected chi connectivity index (χ4v) is 1.45. The van der Waals surface area contributed by atoms with Crippen molar-refractivity contribution in [3.63, 3.8) is 0 Å². The third-order valence-corrected chi connectivity index (χ3v) is 2.21. The third-order valence-electron chi connectivity index (χ3n) is 2.21. The molecule has 0 fully saturated rings. The number of aryl methyl sites for hydroxylation is 2. The van der Waals surface area contributed by atoms with E-state index in [9.17, 15) is 0 Å². The SMILES string of the molecule is COC[C@@H](C)Nc1cc(C)ccc1C. The van der Waals surface area contributed by atoms with Crippen LogP contribution in [0.25, 0.3) is 0 Å². The Bertz CT molecular complexity index is 296. The molecule has 0 radical (unpaired) electrons. The van der Waals surface area contributed by atoms with Gasteiger partial charge in [0.15, 0.2) is 0 Å². The van der Waals surface area contributed by atoms with Gasteiger partial charge in [0.1, 0.15) is 0 Å². The normalized spacial score (nSPS) is 12.6. The first kappa shape index (κ1) is 11.1. The number of ether oxygens (including phenoxy) is 1. The van der Waals surface area contributed by atoms with Gasteiger partial charge in [-0.25, -0.2) is 0 Å². The Morgan fingerprint density at radius 2 is 2.07 bits per heavy atom. The molecule has 1 rings (SSSR count). The van der Waals surface area contributed by atoms with Gasteiger partial charge in [0, 0.05) is 18.8 Å². The molecule has 14 heavy (non-hydrogen) atoms. The molecule has 0 aromatic heterocycles. The van der Waals surface area contributed by atoms with E-state index in [4.69, 9.17) is 4.74 Å². The topological polar surface area (TPSA) is 21.3 Å². The number of hydrogen-bond acceptors (Lipinski definition) is 2. The van der Waals surface area contributed by atoms with Crippen LogP contribution in [0.4, 0.5) is 5.69 Å². The van der Waals surface area contributed by atoms with Crippen molar-refractivity contribution >= 4 is 5.69 Å². The van der Waals surface area contributed by atoms with Gasteiger partial charge in [-0.2, -0.15) is 0 Å². The quantitative estimate of drug-likeness (QED) is 0.794. The zero-order valence-corrected chi connectivity index (χ0v) is 9.42. The van der Waals surface area contributed by atoms with Crippen molar-refractivity contribution in [2.75, 3.05) is 19.0 Å². The van der Waals surface area contributed by atoms with Crippen molar-refractivity contribution in [3.05, 3.63) is 29.3 Å². The molecule has 0 saturated heterocycles. The standard InChI is InChI=1S/C12H19NO/c1-9-5-6-10(2)12(7-9)13-11(3)8-14-4/h5-7,11,13H,8H2,1-4H3/t11-/m1/s1. The highest BCUT2D eigenvalue weighted by molar-refractivity contribution is 5.53. The molecule has 2 nitrogen and oxygen atoms in total. The zero-order chi connectivity index (χ0) is 10.6. The maximum Gasteiger partial charge on any atom is 0.0661 e. The minimum absolute atomic E-state index is 0.348. The molecule has 0 amide bonds. The van der Waals surface area contributed by atoms with E-state index < -0.39 is 0 Å². The Morgan fingerprint density at radius 1 is 1.36 bits per heavy atom. The molecule has 0 spiro atoms. The molecule has 2 heteroatoms. The van der Waals surface area contributed by atoms with Gasteiger partial charge in [-0.05, 0) is 38.0 Å². The van der Waals surface area contributed by atoms with E-state index in [1.165, 1.54) is 16.8 Å². The zero-order valence-electron chi connectivity index (χ0n) is 9.42. The minimum Gasteiger partial charge on any atom is -0.383 e. The maximum absolute atomic E-state index is 5.08. The molecule has 0 aliphatic rings. The van der Waals surface area contributed by atoms with Gasteiger partial charge in [0.05, 0.1) is 6.61 Å². The van der Waals surface area contributed by atoms with E-state index in [-0.39, 0.29) is 0 Å². The summed E-state index contributed by atoms with van der Waals surface area (Å²) in [7, 11) is 1.72. The van der Waals surface area contributed by atoms with Gasteiger partial charge in [-0.15, -0.1) is 0 Å². The summed E-state index contributed by atoms with van der Waals surface area (Å²) in [4.78, 5) is 0. The molecule has 0 heterocycles. The van der Waals surface area contributed by atoms with Crippen molar-refractivity contribution in [2.45, 2.75) is 26.8 Å². The summed E-state index contributed by atoms with van der Waals surface area (Å²) in [6.07, 6.45) is 0. The minimum atomic E-state index is 0.348. The Kier molecular flexibility index (Phi) is 3.96. The predicted molar refractivity (Wildman–Crippen MR) is 60.9 cm³/mol. The van der Waals surface area contributed by atoms with E-state index >= 15 is 0 Å². The number of anilines is 1. The average molecular weight is 193 g/mol. The van der Waals surface area contributed by atoms with Gasteiger partial charge in [0.2, 0.25) is 0 Å². The van der Waals surface area contributed by atoms with Crippen LogP contribution >= 0.6 is 0 Å². The van der Waals surface area contributed by atoms with Crippen LogP contribution in [0, 0.1) is 13.8 Å². The lowest BCUT2D eigenvalue weighted by atomic mass is 10.1. The van der Waals surface area contributed by atoms with Gasteiger partial charge in [0.25, 0.3) is 0 Å². The van der Waals surface area contributed by atoms with Crippen molar-refractivity contribution < 1.29 is 4.74 Å². The second-order valence-electron chi connectivity index (χ2n) is 3.82. The van der Waals surface area contributed by atoms with E-state index in [2.05, 4.69) is 44.3 Å². The smallest absolute Gasteiger partial charge is 0.0661 e. The van der Waals surface area contributed by atoms with E-state index in [0.29, 0.717) is 6.04 Å². The molecule has 78 valence electrons. The molecule has 1 aromatic rings. The van der Waals surface area contributed by atoms with Crippen LogP contribution < -0.4 is 5.32 Å². The first-order chi connectivity index (χ1) is 6.63. The molecular weight excluding hydrogens is 174 g/mol. The number of methoxy groups -OCH3 is 1. The van der Waals surface area contributed by atoms with Crippen LogP contribution in [0.1, 0.15) is 18.1 Å². The van der Waals surface area contributed by atoms with E-state index in [0.717, 1.165) is 6.61 Å². The summed E-state index contributed by atoms with van der Waals surface area (Å²) in [5, 5.41) is 3.43. The fourth-order valence-electron chi connectivity index (χ4n) is 1.45. The van der Waals surface area contributed by atoms with E-state index in [1.807, 2.05) is 0 Å². The number of nitrogens with one attached hydrogen (secondary N) is 1. The molecule has 1 atom stereocenters. The lowest BCUT2D eigenvalue weighted by Gasteiger charge is -2.16. The summed E-state index contributed by atoms with van der Waals surface area (Å²) in [6.45, 7) is 7.06. The Balaban J connectivity index is 2.70. The monoisotopic (exact) mass is 193 g/mol. The molecule has 0 bridgehead atoms. The highest BCUT2D eigenvalue weighted by atomic mass is 16.5. The van der Waals surface area contributed by atoms with Crippen molar-refractivity contribution in [1.82, 2.24) is 0 Å². The van der Waals surface area contributed by atoms with Crippen LogP contribution in [0.15, 0.2) is 18.2 Å².